The van der Waals surface area contributed by atoms with E-state index >= 15 is 0 Å². The lowest BCUT2D eigenvalue weighted by molar-refractivity contribution is -0.218. The van der Waals surface area contributed by atoms with Gasteiger partial charge < -0.3 is 19.5 Å². The molecule has 1 N–H and O–H groups in total. The second kappa shape index (κ2) is 5.13. The van der Waals surface area contributed by atoms with E-state index in [1.54, 1.807) is 4.90 Å². The molecule has 3 atom stereocenters. The van der Waals surface area contributed by atoms with E-state index in [9.17, 15) is 14.7 Å². The summed E-state index contributed by atoms with van der Waals surface area (Å²) < 4.78 is 11.4. The van der Waals surface area contributed by atoms with Gasteiger partial charge in [-0.3, -0.25) is 4.79 Å². The fourth-order valence-electron chi connectivity index (χ4n) is 2.88. The summed E-state index contributed by atoms with van der Waals surface area (Å²) in [6.07, 6.45) is -1.55. The first kappa shape index (κ1) is 14.0. The third kappa shape index (κ3) is 2.20. The van der Waals surface area contributed by atoms with Crippen molar-refractivity contribution < 1.29 is 24.2 Å². The van der Waals surface area contributed by atoms with Crippen molar-refractivity contribution in [1.82, 2.24) is 4.90 Å². The summed E-state index contributed by atoms with van der Waals surface area (Å²) >= 11 is 0. The molecule has 1 aromatic carbocycles. The molecule has 2 fully saturated rings. The van der Waals surface area contributed by atoms with Crippen LogP contribution in [0.4, 0.5) is 0 Å². The van der Waals surface area contributed by atoms with Crippen LogP contribution in [0.1, 0.15) is 18.9 Å². The van der Waals surface area contributed by atoms with Crippen molar-refractivity contribution in [3.8, 4) is 0 Å². The van der Waals surface area contributed by atoms with Gasteiger partial charge >= 0.3 is 5.97 Å². The van der Waals surface area contributed by atoms with Crippen LogP contribution in [0, 0.1) is 0 Å². The number of rotatable bonds is 4. The predicted molar refractivity (Wildman–Crippen MR) is 72.4 cm³/mol. The lowest BCUT2D eigenvalue weighted by Crippen LogP contribution is -2.54. The maximum atomic E-state index is 12.3. The van der Waals surface area contributed by atoms with Gasteiger partial charge in [-0.05, 0) is 6.42 Å². The molecule has 1 aromatic rings. The van der Waals surface area contributed by atoms with Crippen LogP contribution in [-0.2, 0) is 24.8 Å². The molecular formula is C15H17NO5. The summed E-state index contributed by atoms with van der Waals surface area (Å²) in [5.74, 6) is -2.67. The number of hydrogen-bond acceptors (Lipinski definition) is 4. The van der Waals surface area contributed by atoms with Crippen LogP contribution in [0.15, 0.2) is 30.3 Å². The second-order valence-electron chi connectivity index (χ2n) is 5.29. The van der Waals surface area contributed by atoms with Gasteiger partial charge in [-0.2, -0.15) is 0 Å². The van der Waals surface area contributed by atoms with Crippen LogP contribution < -0.4 is 0 Å². The van der Waals surface area contributed by atoms with Crippen molar-refractivity contribution in [2.75, 3.05) is 13.1 Å². The Morgan fingerprint density at radius 3 is 2.71 bits per heavy atom. The highest BCUT2D eigenvalue weighted by Crippen LogP contribution is 2.42. The molecule has 0 aromatic heterocycles. The summed E-state index contributed by atoms with van der Waals surface area (Å²) in [6.45, 7) is 2.74. The Morgan fingerprint density at radius 1 is 1.38 bits per heavy atom. The molecule has 0 aliphatic carbocycles. The SMILES string of the molecule is CCCN1CC2(c3ccccc3)OC(C(=O)O)C(O2)C1=O. The minimum absolute atomic E-state index is 0.212. The molecule has 3 rings (SSSR count). The molecule has 2 bridgehead atoms. The Kier molecular flexibility index (Phi) is 3.43. The highest BCUT2D eigenvalue weighted by Gasteiger charge is 2.60. The molecule has 1 amide bonds. The number of aliphatic carboxylic acids is 1. The zero-order chi connectivity index (χ0) is 15.0. The van der Waals surface area contributed by atoms with Gasteiger partial charge in [-0.25, -0.2) is 4.79 Å². The summed E-state index contributed by atoms with van der Waals surface area (Å²) in [5.41, 5.74) is 0.729. The maximum Gasteiger partial charge on any atom is 0.336 e. The Morgan fingerprint density at radius 2 is 2.10 bits per heavy atom. The fraction of sp³-hybridized carbons (Fsp3) is 0.467. The second-order valence-corrected chi connectivity index (χ2v) is 5.29. The van der Waals surface area contributed by atoms with Gasteiger partial charge in [0.15, 0.2) is 12.2 Å². The van der Waals surface area contributed by atoms with E-state index < -0.39 is 24.0 Å². The van der Waals surface area contributed by atoms with E-state index in [-0.39, 0.29) is 12.5 Å². The van der Waals surface area contributed by atoms with Crippen LogP contribution in [-0.4, -0.2) is 47.2 Å². The first-order chi connectivity index (χ1) is 10.1. The number of benzene rings is 1. The maximum absolute atomic E-state index is 12.3. The minimum atomic E-state index is -1.26. The van der Waals surface area contributed by atoms with Gasteiger partial charge in [0.2, 0.25) is 5.79 Å². The average molecular weight is 291 g/mol. The minimum Gasteiger partial charge on any atom is -0.479 e. The number of ether oxygens (including phenoxy) is 2. The Hall–Kier alpha value is -1.92. The molecule has 0 saturated carbocycles. The van der Waals surface area contributed by atoms with Gasteiger partial charge in [0.25, 0.3) is 5.91 Å². The number of morpholine rings is 1. The molecule has 6 heteroatoms. The van der Waals surface area contributed by atoms with Gasteiger partial charge in [0.05, 0.1) is 6.54 Å². The van der Waals surface area contributed by atoms with Gasteiger partial charge in [-0.1, -0.05) is 37.3 Å². The van der Waals surface area contributed by atoms with E-state index in [1.165, 1.54) is 0 Å². The van der Waals surface area contributed by atoms with Crippen LogP contribution in [0.3, 0.4) is 0 Å². The molecule has 0 radical (unpaired) electrons. The largest absolute Gasteiger partial charge is 0.479 e. The summed E-state index contributed by atoms with van der Waals surface area (Å²) in [4.78, 5) is 25.3. The van der Waals surface area contributed by atoms with Crippen LogP contribution in [0.2, 0.25) is 0 Å². The quantitative estimate of drug-likeness (QED) is 0.894. The standard InChI is InChI=1S/C15H17NO5/c1-2-8-16-9-15(10-6-4-3-5-7-10)20-11(13(16)17)12(21-15)14(18)19/h3-7,11-12H,2,8-9H2,1H3,(H,18,19). The van der Waals surface area contributed by atoms with E-state index in [4.69, 9.17) is 9.47 Å². The molecule has 3 unspecified atom stereocenters. The number of fused-ring (bicyclic) bond motifs is 2. The Bertz CT molecular complexity index is 560. The van der Waals surface area contributed by atoms with Gasteiger partial charge in [-0.15, -0.1) is 0 Å². The third-order valence-electron chi connectivity index (χ3n) is 3.81. The number of hydrogen-bond donors (Lipinski definition) is 1. The number of nitrogens with zero attached hydrogens (tertiary/aromatic N) is 1. The van der Waals surface area contributed by atoms with Crippen LogP contribution >= 0.6 is 0 Å². The number of carbonyl (C=O) groups excluding carboxylic acids is 1. The first-order valence-electron chi connectivity index (χ1n) is 7.00. The van der Waals surface area contributed by atoms with E-state index in [0.717, 1.165) is 12.0 Å². The van der Waals surface area contributed by atoms with Gasteiger partial charge in [0, 0.05) is 12.1 Å². The molecular weight excluding hydrogens is 274 g/mol. The van der Waals surface area contributed by atoms with Crippen molar-refractivity contribution in [1.29, 1.82) is 0 Å². The molecule has 2 heterocycles. The first-order valence-corrected chi connectivity index (χ1v) is 7.00. The molecule has 2 saturated heterocycles. The normalized spacial score (nSPS) is 31.5. The molecule has 112 valence electrons. The average Bonchev–Trinajstić information content (AvgIpc) is 2.83. The lowest BCUT2D eigenvalue weighted by atomic mass is 10.0. The molecule has 6 nitrogen and oxygen atoms in total. The topological polar surface area (TPSA) is 76.1 Å². The third-order valence-corrected chi connectivity index (χ3v) is 3.81. The lowest BCUT2D eigenvalue weighted by Gasteiger charge is -2.38. The Labute approximate surface area is 122 Å². The Balaban J connectivity index is 2.00. The zero-order valence-electron chi connectivity index (χ0n) is 11.7. The predicted octanol–water partition coefficient (Wildman–Crippen LogP) is 0.960. The smallest absolute Gasteiger partial charge is 0.336 e. The number of carboxylic acids is 1. The number of carbonyl (C=O) groups is 2. The van der Waals surface area contributed by atoms with Crippen molar-refractivity contribution >= 4 is 11.9 Å². The van der Waals surface area contributed by atoms with E-state index in [0.29, 0.717) is 6.54 Å². The van der Waals surface area contributed by atoms with Crippen molar-refractivity contribution in [3.63, 3.8) is 0 Å². The molecule has 21 heavy (non-hydrogen) atoms. The highest BCUT2D eigenvalue weighted by atomic mass is 16.8. The molecule has 0 spiro atoms. The zero-order valence-corrected chi connectivity index (χ0v) is 11.7. The van der Waals surface area contributed by atoms with Crippen LogP contribution in [0.25, 0.3) is 0 Å². The van der Waals surface area contributed by atoms with Crippen molar-refractivity contribution in [2.45, 2.75) is 31.3 Å². The number of amides is 1. The molecule has 2 aliphatic rings. The fourth-order valence-corrected chi connectivity index (χ4v) is 2.88. The summed E-state index contributed by atoms with van der Waals surface area (Å²) in [6, 6.07) is 9.17. The summed E-state index contributed by atoms with van der Waals surface area (Å²) in [7, 11) is 0. The van der Waals surface area contributed by atoms with Crippen LogP contribution in [0.5, 0.6) is 0 Å². The highest BCUT2D eigenvalue weighted by molar-refractivity contribution is 5.89. The monoisotopic (exact) mass is 291 g/mol. The van der Waals surface area contributed by atoms with Crippen molar-refractivity contribution in [2.24, 2.45) is 0 Å². The van der Waals surface area contributed by atoms with Crippen molar-refractivity contribution in [3.05, 3.63) is 35.9 Å². The number of carboxylic acid groups (broad SMARTS) is 1. The van der Waals surface area contributed by atoms with E-state index in [1.807, 2.05) is 37.3 Å². The van der Waals surface area contributed by atoms with Gasteiger partial charge in [0.1, 0.15) is 0 Å². The summed E-state index contributed by atoms with van der Waals surface area (Å²) in [5, 5.41) is 9.28. The van der Waals surface area contributed by atoms with E-state index in [2.05, 4.69) is 0 Å². The molecule has 2 aliphatic heterocycles.